The molecule has 0 aliphatic rings. The quantitative estimate of drug-likeness (QED) is 0.847. The topological polar surface area (TPSA) is 83.6 Å². The highest BCUT2D eigenvalue weighted by atomic mass is 16.1. The molecule has 1 aromatic heterocycles. The molecule has 1 heterocycles. The Bertz CT molecular complexity index is 538. The molecule has 2 rings (SSSR count). The number of hydrogen-bond acceptors (Lipinski definition) is 4. The van der Waals surface area contributed by atoms with Crippen molar-refractivity contribution < 1.29 is 4.79 Å². The van der Waals surface area contributed by atoms with E-state index in [4.69, 9.17) is 0 Å². The minimum atomic E-state index is -0.0622. The highest BCUT2D eigenvalue weighted by Crippen LogP contribution is 2.10. The Morgan fingerprint density at radius 1 is 1.42 bits per heavy atom. The fourth-order valence-corrected chi connectivity index (χ4v) is 1.86. The fourth-order valence-electron chi connectivity index (χ4n) is 1.86. The first-order valence-corrected chi connectivity index (χ1v) is 6.31. The van der Waals surface area contributed by atoms with Crippen LogP contribution in [0, 0.1) is 0 Å². The lowest BCUT2D eigenvalue weighted by molar-refractivity contribution is 0.0950. The number of aromatic amines is 1. The van der Waals surface area contributed by atoms with E-state index in [2.05, 4.69) is 25.9 Å². The zero-order valence-corrected chi connectivity index (χ0v) is 11.1. The summed E-state index contributed by atoms with van der Waals surface area (Å²) in [7, 11) is 0. The van der Waals surface area contributed by atoms with Crippen molar-refractivity contribution in [2.24, 2.45) is 0 Å². The summed E-state index contributed by atoms with van der Waals surface area (Å²) in [5.74, 6) is 0.563. The van der Waals surface area contributed by atoms with Gasteiger partial charge in [0, 0.05) is 18.0 Å². The first-order valence-electron chi connectivity index (χ1n) is 6.31. The van der Waals surface area contributed by atoms with Crippen LogP contribution < -0.4 is 5.32 Å². The zero-order chi connectivity index (χ0) is 13.7. The van der Waals surface area contributed by atoms with Crippen LogP contribution in [0.2, 0.25) is 0 Å². The zero-order valence-electron chi connectivity index (χ0n) is 11.1. The summed E-state index contributed by atoms with van der Waals surface area (Å²) >= 11 is 0. The molecule has 6 nitrogen and oxygen atoms in total. The Hall–Kier alpha value is -2.24. The van der Waals surface area contributed by atoms with Crippen molar-refractivity contribution in [3.05, 3.63) is 41.2 Å². The smallest absolute Gasteiger partial charge is 0.251 e. The van der Waals surface area contributed by atoms with Crippen LogP contribution in [0.1, 0.15) is 41.5 Å². The molecule has 0 bridgehead atoms. The largest absolute Gasteiger partial charge is 0.351 e. The second-order valence-corrected chi connectivity index (χ2v) is 4.39. The molecule has 1 unspecified atom stereocenters. The number of nitrogens with one attached hydrogen (secondary N) is 2. The second kappa shape index (κ2) is 6.08. The molecule has 19 heavy (non-hydrogen) atoms. The summed E-state index contributed by atoms with van der Waals surface area (Å²) in [5.41, 5.74) is 1.78. The van der Waals surface area contributed by atoms with E-state index in [-0.39, 0.29) is 11.8 Å². The predicted octanol–water partition coefficient (Wildman–Crippen LogP) is 1.30. The molecule has 2 N–H and O–H groups in total. The maximum absolute atomic E-state index is 12.1. The van der Waals surface area contributed by atoms with Gasteiger partial charge in [0.1, 0.15) is 0 Å². The van der Waals surface area contributed by atoms with Crippen LogP contribution in [0.5, 0.6) is 0 Å². The van der Waals surface area contributed by atoms with Gasteiger partial charge in [-0.1, -0.05) is 37.3 Å². The van der Waals surface area contributed by atoms with Crippen molar-refractivity contribution in [2.45, 2.75) is 26.2 Å². The lowest BCUT2D eigenvalue weighted by Crippen LogP contribution is -2.28. The van der Waals surface area contributed by atoms with E-state index >= 15 is 0 Å². The van der Waals surface area contributed by atoms with E-state index in [9.17, 15) is 4.79 Å². The highest BCUT2D eigenvalue weighted by Gasteiger charge is 2.14. The standard InChI is InChI=1S/C13H17N5O/c1-3-10-6-4-5-7-11(10)13(19)14-8-9(2)12-15-17-18-16-12/h4-7,9H,3,8H2,1-2H3,(H,14,19)(H,15,16,17,18). The number of aromatic nitrogens is 4. The summed E-state index contributed by atoms with van der Waals surface area (Å²) < 4.78 is 0. The van der Waals surface area contributed by atoms with Crippen LogP contribution in [0.25, 0.3) is 0 Å². The van der Waals surface area contributed by atoms with Gasteiger partial charge in [0.05, 0.1) is 0 Å². The third kappa shape index (κ3) is 3.15. The third-order valence-electron chi connectivity index (χ3n) is 3.01. The molecule has 100 valence electrons. The maximum atomic E-state index is 12.1. The monoisotopic (exact) mass is 259 g/mol. The van der Waals surface area contributed by atoms with E-state index < -0.39 is 0 Å². The number of hydrogen-bond donors (Lipinski definition) is 2. The molecular weight excluding hydrogens is 242 g/mol. The van der Waals surface area contributed by atoms with Gasteiger partial charge in [0.25, 0.3) is 5.91 Å². The average molecular weight is 259 g/mol. The minimum Gasteiger partial charge on any atom is -0.351 e. The lowest BCUT2D eigenvalue weighted by Gasteiger charge is -2.11. The first kappa shape index (κ1) is 13.2. The third-order valence-corrected chi connectivity index (χ3v) is 3.01. The molecule has 1 atom stereocenters. The van der Waals surface area contributed by atoms with Gasteiger partial charge < -0.3 is 5.32 Å². The second-order valence-electron chi connectivity index (χ2n) is 4.39. The number of benzene rings is 1. The van der Waals surface area contributed by atoms with Crippen LogP contribution in [0.4, 0.5) is 0 Å². The number of carbonyl (C=O) groups is 1. The SMILES string of the molecule is CCc1ccccc1C(=O)NCC(C)c1nn[nH]n1. The molecule has 0 spiro atoms. The van der Waals surface area contributed by atoms with Crippen LogP contribution >= 0.6 is 0 Å². The summed E-state index contributed by atoms with van der Waals surface area (Å²) in [6.45, 7) is 4.46. The molecule has 2 aromatic rings. The van der Waals surface area contributed by atoms with Gasteiger partial charge in [-0.15, -0.1) is 10.2 Å². The molecule has 0 saturated heterocycles. The van der Waals surface area contributed by atoms with Gasteiger partial charge in [-0.05, 0) is 18.1 Å². The number of H-pyrrole nitrogens is 1. The van der Waals surface area contributed by atoms with E-state index in [1.807, 2.05) is 38.1 Å². The summed E-state index contributed by atoms with van der Waals surface area (Å²) in [5, 5.41) is 16.6. The highest BCUT2D eigenvalue weighted by molar-refractivity contribution is 5.95. The Kier molecular flexibility index (Phi) is 4.22. The first-order chi connectivity index (χ1) is 9.22. The summed E-state index contributed by atoms with van der Waals surface area (Å²) in [6, 6.07) is 7.62. The lowest BCUT2D eigenvalue weighted by atomic mass is 10.0. The van der Waals surface area contributed by atoms with E-state index in [1.54, 1.807) is 0 Å². The molecule has 1 amide bonds. The van der Waals surface area contributed by atoms with Gasteiger partial charge in [-0.25, -0.2) is 0 Å². The van der Waals surface area contributed by atoms with E-state index in [0.29, 0.717) is 12.4 Å². The van der Waals surface area contributed by atoms with Gasteiger partial charge >= 0.3 is 0 Å². The van der Waals surface area contributed by atoms with Crippen molar-refractivity contribution in [1.29, 1.82) is 0 Å². The maximum Gasteiger partial charge on any atom is 0.251 e. The number of carbonyl (C=O) groups excluding carboxylic acids is 1. The van der Waals surface area contributed by atoms with Crippen LogP contribution in [0.15, 0.2) is 24.3 Å². The number of aryl methyl sites for hydroxylation is 1. The molecule has 6 heteroatoms. The molecule has 0 aliphatic heterocycles. The van der Waals surface area contributed by atoms with Crippen LogP contribution in [0.3, 0.4) is 0 Å². The molecule has 0 saturated carbocycles. The van der Waals surface area contributed by atoms with Gasteiger partial charge in [0.2, 0.25) is 0 Å². The van der Waals surface area contributed by atoms with Gasteiger partial charge in [0.15, 0.2) is 5.82 Å². The van der Waals surface area contributed by atoms with Gasteiger partial charge in [-0.2, -0.15) is 5.21 Å². The Morgan fingerprint density at radius 2 is 2.21 bits per heavy atom. The Labute approximate surface area is 111 Å². The molecular formula is C13H17N5O. The molecule has 0 fully saturated rings. The van der Waals surface area contributed by atoms with Crippen molar-refractivity contribution in [3.63, 3.8) is 0 Å². The fraction of sp³-hybridized carbons (Fsp3) is 0.385. The number of amides is 1. The summed E-state index contributed by atoms with van der Waals surface area (Å²) in [6.07, 6.45) is 0.837. The van der Waals surface area contributed by atoms with E-state index in [1.165, 1.54) is 0 Å². The number of nitrogens with zero attached hydrogens (tertiary/aromatic N) is 3. The summed E-state index contributed by atoms with van der Waals surface area (Å²) in [4.78, 5) is 12.1. The predicted molar refractivity (Wildman–Crippen MR) is 70.7 cm³/mol. The molecule has 0 aliphatic carbocycles. The number of rotatable bonds is 5. The van der Waals surface area contributed by atoms with E-state index in [0.717, 1.165) is 17.5 Å². The number of tetrazole rings is 1. The van der Waals surface area contributed by atoms with Crippen molar-refractivity contribution in [1.82, 2.24) is 25.9 Å². The molecule has 1 aromatic carbocycles. The van der Waals surface area contributed by atoms with Crippen molar-refractivity contribution in [3.8, 4) is 0 Å². The minimum absolute atomic E-state index is 0.0245. The molecule has 0 radical (unpaired) electrons. The van der Waals surface area contributed by atoms with Crippen molar-refractivity contribution >= 4 is 5.91 Å². The normalized spacial score (nSPS) is 12.1. The van der Waals surface area contributed by atoms with Gasteiger partial charge in [-0.3, -0.25) is 4.79 Å². The Morgan fingerprint density at radius 3 is 2.89 bits per heavy atom. The van der Waals surface area contributed by atoms with Crippen LogP contribution in [-0.2, 0) is 6.42 Å². The Balaban J connectivity index is 1.98. The van der Waals surface area contributed by atoms with Crippen molar-refractivity contribution in [2.75, 3.05) is 6.54 Å². The van der Waals surface area contributed by atoms with Crippen LogP contribution in [-0.4, -0.2) is 33.1 Å². The average Bonchev–Trinajstić information content (AvgIpc) is 2.98.